The Labute approximate surface area is 104 Å². The first-order chi connectivity index (χ1) is 7.89. The molecule has 1 saturated heterocycles. The van der Waals surface area contributed by atoms with Gasteiger partial charge < -0.3 is 0 Å². The van der Waals surface area contributed by atoms with Gasteiger partial charge in [0.1, 0.15) is 11.6 Å². The van der Waals surface area contributed by atoms with Crippen molar-refractivity contribution in [2.45, 2.75) is 11.8 Å². The van der Waals surface area contributed by atoms with Gasteiger partial charge in [-0.2, -0.15) is 0 Å². The third-order valence-electron chi connectivity index (χ3n) is 2.94. The van der Waals surface area contributed by atoms with E-state index in [1.54, 1.807) is 0 Å². The lowest BCUT2D eigenvalue weighted by Gasteiger charge is -2.16. The van der Waals surface area contributed by atoms with Gasteiger partial charge in [-0.25, -0.2) is 17.2 Å². The second-order valence-electron chi connectivity index (χ2n) is 4.23. The van der Waals surface area contributed by atoms with Crippen molar-refractivity contribution in [3.8, 4) is 0 Å². The SMILES string of the molecule is O=S1(=O)CCC(C(Cl)c2ccc(F)cc2F)C1. The molecule has 2 nitrogen and oxygen atoms in total. The molecule has 0 radical (unpaired) electrons. The van der Waals surface area contributed by atoms with Crippen LogP contribution in [0.3, 0.4) is 0 Å². The highest BCUT2D eigenvalue weighted by atomic mass is 35.5. The third-order valence-corrected chi connectivity index (χ3v) is 5.33. The number of rotatable bonds is 2. The third kappa shape index (κ3) is 2.77. The van der Waals surface area contributed by atoms with Crippen LogP contribution in [0.4, 0.5) is 8.78 Å². The highest BCUT2D eigenvalue weighted by Crippen LogP contribution is 2.37. The fourth-order valence-corrected chi connectivity index (χ4v) is 4.37. The molecule has 1 aromatic rings. The molecule has 0 N–H and O–H groups in total. The second-order valence-corrected chi connectivity index (χ2v) is 6.93. The zero-order valence-corrected chi connectivity index (χ0v) is 10.4. The van der Waals surface area contributed by atoms with Crippen LogP contribution in [0.25, 0.3) is 0 Å². The molecular formula is C11H11ClF2O2S. The summed E-state index contributed by atoms with van der Waals surface area (Å²) in [5, 5.41) is -0.729. The van der Waals surface area contributed by atoms with Crippen LogP contribution in [0.2, 0.25) is 0 Å². The van der Waals surface area contributed by atoms with E-state index in [9.17, 15) is 17.2 Å². The van der Waals surface area contributed by atoms with Crippen LogP contribution in [-0.2, 0) is 9.84 Å². The van der Waals surface area contributed by atoms with E-state index < -0.39 is 26.8 Å². The quantitative estimate of drug-likeness (QED) is 0.781. The van der Waals surface area contributed by atoms with Gasteiger partial charge in [0, 0.05) is 11.6 Å². The minimum absolute atomic E-state index is 0.0298. The zero-order chi connectivity index (χ0) is 12.6. The van der Waals surface area contributed by atoms with E-state index in [1.165, 1.54) is 6.07 Å². The zero-order valence-electron chi connectivity index (χ0n) is 8.87. The maximum absolute atomic E-state index is 13.5. The van der Waals surface area contributed by atoms with Crippen LogP contribution in [0.5, 0.6) is 0 Å². The Morgan fingerprint density at radius 3 is 2.59 bits per heavy atom. The Balaban J connectivity index is 2.23. The average Bonchev–Trinajstić information content (AvgIpc) is 2.58. The predicted octanol–water partition coefficient (Wildman–Crippen LogP) is 2.68. The molecule has 0 aromatic heterocycles. The van der Waals surface area contributed by atoms with E-state index >= 15 is 0 Å². The summed E-state index contributed by atoms with van der Waals surface area (Å²) in [6.07, 6.45) is 0.424. The molecule has 1 aliphatic rings. The van der Waals surface area contributed by atoms with Gasteiger partial charge in [-0.3, -0.25) is 0 Å². The number of sulfone groups is 1. The van der Waals surface area contributed by atoms with Gasteiger partial charge >= 0.3 is 0 Å². The second kappa shape index (κ2) is 4.53. The summed E-state index contributed by atoms with van der Waals surface area (Å²) in [4.78, 5) is 0. The molecule has 1 heterocycles. The smallest absolute Gasteiger partial charge is 0.150 e. The van der Waals surface area contributed by atoms with E-state index in [0.29, 0.717) is 6.42 Å². The minimum Gasteiger partial charge on any atom is -0.229 e. The van der Waals surface area contributed by atoms with E-state index in [1.807, 2.05) is 0 Å². The summed E-state index contributed by atoms with van der Waals surface area (Å²) in [7, 11) is -3.05. The predicted molar refractivity (Wildman–Crippen MR) is 61.7 cm³/mol. The Kier molecular flexibility index (Phi) is 3.41. The van der Waals surface area contributed by atoms with Crippen molar-refractivity contribution >= 4 is 21.4 Å². The van der Waals surface area contributed by atoms with Crippen molar-refractivity contribution in [2.75, 3.05) is 11.5 Å². The van der Waals surface area contributed by atoms with E-state index in [-0.39, 0.29) is 23.0 Å². The van der Waals surface area contributed by atoms with Crippen molar-refractivity contribution in [3.63, 3.8) is 0 Å². The van der Waals surface area contributed by atoms with Crippen LogP contribution in [0.15, 0.2) is 18.2 Å². The first-order valence-electron chi connectivity index (χ1n) is 5.18. The Bertz CT molecular complexity index is 530. The van der Waals surface area contributed by atoms with E-state index in [2.05, 4.69) is 0 Å². The molecule has 17 heavy (non-hydrogen) atoms. The summed E-state index contributed by atoms with van der Waals surface area (Å²) in [5.74, 6) is -1.65. The molecule has 2 rings (SSSR count). The Hall–Kier alpha value is -0.680. The molecule has 0 amide bonds. The number of alkyl halides is 1. The highest BCUT2D eigenvalue weighted by Gasteiger charge is 2.34. The summed E-state index contributed by atoms with van der Waals surface area (Å²) < 4.78 is 48.8. The molecule has 1 fully saturated rings. The van der Waals surface area contributed by atoms with Crippen molar-refractivity contribution < 1.29 is 17.2 Å². The minimum atomic E-state index is -3.05. The van der Waals surface area contributed by atoms with Gasteiger partial charge in [0.2, 0.25) is 0 Å². The van der Waals surface area contributed by atoms with Crippen molar-refractivity contribution in [3.05, 3.63) is 35.4 Å². The first-order valence-corrected chi connectivity index (χ1v) is 7.44. The Morgan fingerprint density at radius 1 is 1.35 bits per heavy atom. The number of hydrogen-bond acceptors (Lipinski definition) is 2. The monoisotopic (exact) mass is 280 g/mol. The first kappa shape index (κ1) is 12.8. The lowest BCUT2D eigenvalue weighted by atomic mass is 9.98. The highest BCUT2D eigenvalue weighted by molar-refractivity contribution is 7.91. The van der Waals surface area contributed by atoms with Crippen LogP contribution < -0.4 is 0 Å². The van der Waals surface area contributed by atoms with E-state index in [4.69, 9.17) is 11.6 Å². The Morgan fingerprint density at radius 2 is 2.06 bits per heavy atom. The van der Waals surface area contributed by atoms with Crippen LogP contribution in [0.1, 0.15) is 17.4 Å². The molecule has 2 atom stereocenters. The maximum Gasteiger partial charge on any atom is 0.150 e. The number of halogens is 3. The van der Waals surface area contributed by atoms with Crippen LogP contribution in [0, 0.1) is 17.6 Å². The number of benzene rings is 1. The lowest BCUT2D eigenvalue weighted by Crippen LogP contribution is -2.11. The summed E-state index contributed by atoms with van der Waals surface area (Å²) in [5.41, 5.74) is 0.162. The van der Waals surface area contributed by atoms with Crippen molar-refractivity contribution in [1.29, 1.82) is 0 Å². The molecule has 2 unspecified atom stereocenters. The molecule has 1 aromatic carbocycles. The average molecular weight is 281 g/mol. The van der Waals surface area contributed by atoms with Crippen LogP contribution >= 0.6 is 11.6 Å². The standard InChI is InChI=1S/C11H11ClF2O2S/c12-11(7-3-4-17(15,16)6-7)9-2-1-8(13)5-10(9)14/h1-2,5,7,11H,3-4,6H2. The van der Waals surface area contributed by atoms with E-state index in [0.717, 1.165) is 12.1 Å². The molecular weight excluding hydrogens is 270 g/mol. The molecule has 6 heteroatoms. The molecule has 0 aliphatic carbocycles. The molecule has 0 saturated carbocycles. The van der Waals surface area contributed by atoms with Gasteiger partial charge in [0.05, 0.1) is 16.9 Å². The fraction of sp³-hybridized carbons (Fsp3) is 0.455. The van der Waals surface area contributed by atoms with Crippen molar-refractivity contribution in [2.24, 2.45) is 5.92 Å². The van der Waals surface area contributed by atoms with Gasteiger partial charge in [-0.05, 0) is 18.4 Å². The van der Waals surface area contributed by atoms with Crippen LogP contribution in [-0.4, -0.2) is 19.9 Å². The summed E-state index contributed by atoms with van der Waals surface area (Å²) in [6, 6.07) is 3.15. The normalized spacial score (nSPS) is 24.8. The molecule has 1 aliphatic heterocycles. The van der Waals surface area contributed by atoms with Gasteiger partial charge in [-0.1, -0.05) is 6.07 Å². The fourth-order valence-electron chi connectivity index (χ4n) is 2.03. The summed E-state index contributed by atoms with van der Waals surface area (Å²) >= 11 is 6.07. The summed E-state index contributed by atoms with van der Waals surface area (Å²) in [6.45, 7) is 0. The number of hydrogen-bond donors (Lipinski definition) is 0. The van der Waals surface area contributed by atoms with Crippen molar-refractivity contribution in [1.82, 2.24) is 0 Å². The topological polar surface area (TPSA) is 34.1 Å². The van der Waals surface area contributed by atoms with Gasteiger partial charge in [-0.15, -0.1) is 11.6 Å². The molecule has 0 bridgehead atoms. The van der Waals surface area contributed by atoms with Gasteiger partial charge in [0.15, 0.2) is 9.84 Å². The van der Waals surface area contributed by atoms with Gasteiger partial charge in [0.25, 0.3) is 0 Å². The maximum atomic E-state index is 13.5. The largest absolute Gasteiger partial charge is 0.229 e. The molecule has 0 spiro atoms. The molecule has 94 valence electrons. The lowest BCUT2D eigenvalue weighted by molar-refractivity contribution is 0.526.